The summed E-state index contributed by atoms with van der Waals surface area (Å²) in [5.74, 6) is 0.393. The van der Waals surface area contributed by atoms with Crippen LogP contribution >= 0.6 is 11.3 Å². The Morgan fingerprint density at radius 2 is 2.33 bits per heavy atom. The van der Waals surface area contributed by atoms with Gasteiger partial charge in [0.05, 0.1) is 17.3 Å². The van der Waals surface area contributed by atoms with Gasteiger partial charge in [-0.3, -0.25) is 4.79 Å². The van der Waals surface area contributed by atoms with Crippen molar-refractivity contribution >= 4 is 17.3 Å². The van der Waals surface area contributed by atoms with Gasteiger partial charge in [0.1, 0.15) is 5.92 Å². The van der Waals surface area contributed by atoms with Crippen molar-refractivity contribution in [3.8, 4) is 0 Å². The summed E-state index contributed by atoms with van der Waals surface area (Å²) in [6.07, 6.45) is 4.03. The Bertz CT molecular complexity index is 425. The highest BCUT2D eigenvalue weighted by Gasteiger charge is 2.31. The minimum absolute atomic E-state index is 0.0974. The van der Waals surface area contributed by atoms with Crippen LogP contribution in [0.5, 0.6) is 0 Å². The average Bonchev–Trinajstić information content (AvgIpc) is 2.69. The molecule has 0 radical (unpaired) electrons. The summed E-state index contributed by atoms with van der Waals surface area (Å²) in [6.45, 7) is 6.70. The predicted octanol–water partition coefficient (Wildman–Crippen LogP) is 3.32. The molecule has 18 heavy (non-hydrogen) atoms. The lowest BCUT2D eigenvalue weighted by molar-refractivity contribution is -0.145. The first-order chi connectivity index (χ1) is 8.61. The van der Waals surface area contributed by atoms with Crippen LogP contribution in [0.15, 0.2) is 0 Å². The minimum atomic E-state index is -0.120. The van der Waals surface area contributed by atoms with Crippen molar-refractivity contribution in [1.82, 2.24) is 4.98 Å². The topological polar surface area (TPSA) is 39.2 Å². The maximum atomic E-state index is 11.9. The molecule has 1 unspecified atom stereocenters. The summed E-state index contributed by atoms with van der Waals surface area (Å²) in [6, 6.07) is 0. The lowest BCUT2D eigenvalue weighted by Crippen LogP contribution is -2.20. The lowest BCUT2D eigenvalue weighted by Gasteiger charge is -2.19. The Kier molecular flexibility index (Phi) is 4.38. The quantitative estimate of drug-likeness (QED) is 0.786. The van der Waals surface area contributed by atoms with Crippen LogP contribution in [-0.2, 0) is 22.4 Å². The summed E-state index contributed by atoms with van der Waals surface area (Å²) in [5, 5.41) is 1.17. The molecule has 1 aromatic heterocycles. The molecule has 0 N–H and O–H groups in total. The molecule has 3 nitrogen and oxygen atoms in total. The average molecular weight is 267 g/mol. The fourth-order valence-corrected chi connectivity index (χ4v) is 3.76. The Balaban J connectivity index is 2.20. The number of hydrogen-bond donors (Lipinski definition) is 0. The van der Waals surface area contributed by atoms with Crippen LogP contribution in [-0.4, -0.2) is 17.6 Å². The molecule has 0 saturated heterocycles. The maximum Gasteiger partial charge on any atom is 0.315 e. The molecule has 1 aromatic rings. The minimum Gasteiger partial charge on any atom is -0.465 e. The Morgan fingerprint density at radius 1 is 1.56 bits per heavy atom. The number of aromatic nitrogens is 1. The smallest absolute Gasteiger partial charge is 0.315 e. The summed E-state index contributed by atoms with van der Waals surface area (Å²) < 4.78 is 5.15. The van der Waals surface area contributed by atoms with Crippen LogP contribution in [0.4, 0.5) is 0 Å². The number of aryl methyl sites for hydroxylation is 1. The fourth-order valence-electron chi connectivity index (χ4n) is 2.38. The Morgan fingerprint density at radius 3 is 3.00 bits per heavy atom. The van der Waals surface area contributed by atoms with Crippen LogP contribution < -0.4 is 0 Å². The molecule has 0 bridgehead atoms. The van der Waals surface area contributed by atoms with Gasteiger partial charge in [-0.1, -0.05) is 13.8 Å². The van der Waals surface area contributed by atoms with Gasteiger partial charge in [-0.2, -0.15) is 0 Å². The van der Waals surface area contributed by atoms with E-state index >= 15 is 0 Å². The van der Waals surface area contributed by atoms with E-state index in [4.69, 9.17) is 9.72 Å². The lowest BCUT2D eigenvalue weighted by atomic mass is 9.91. The van der Waals surface area contributed by atoms with Gasteiger partial charge < -0.3 is 4.74 Å². The standard InChI is InChI=1S/C14H21NO2S/c1-4-17-14(16)10-6-5-7-11-13(10)15-12(18-11)8-9(2)3/h9-10H,4-8H2,1-3H3. The summed E-state index contributed by atoms with van der Waals surface area (Å²) in [5.41, 5.74) is 1.00. The molecule has 1 atom stereocenters. The number of esters is 1. The molecule has 4 heteroatoms. The molecular formula is C14H21NO2S. The van der Waals surface area contributed by atoms with E-state index in [1.165, 1.54) is 9.88 Å². The highest BCUT2D eigenvalue weighted by Crippen LogP contribution is 2.36. The van der Waals surface area contributed by atoms with E-state index in [1.54, 1.807) is 11.3 Å². The normalized spacial score (nSPS) is 18.8. The number of ether oxygens (including phenoxy) is 1. The molecule has 1 heterocycles. The first kappa shape index (κ1) is 13.5. The number of rotatable bonds is 4. The van der Waals surface area contributed by atoms with Crippen molar-refractivity contribution in [2.75, 3.05) is 6.61 Å². The molecule has 2 rings (SSSR count). The maximum absolute atomic E-state index is 11.9. The van der Waals surface area contributed by atoms with Crippen molar-refractivity contribution in [1.29, 1.82) is 0 Å². The molecule has 100 valence electrons. The van der Waals surface area contributed by atoms with E-state index in [0.29, 0.717) is 12.5 Å². The van der Waals surface area contributed by atoms with E-state index in [9.17, 15) is 4.79 Å². The zero-order chi connectivity index (χ0) is 13.1. The molecule has 0 aliphatic heterocycles. The number of carbonyl (C=O) groups is 1. The van der Waals surface area contributed by atoms with E-state index in [2.05, 4.69) is 13.8 Å². The van der Waals surface area contributed by atoms with Gasteiger partial charge in [0, 0.05) is 11.3 Å². The van der Waals surface area contributed by atoms with Gasteiger partial charge in [-0.25, -0.2) is 4.98 Å². The summed E-state index contributed by atoms with van der Waals surface area (Å²) in [4.78, 5) is 17.9. The zero-order valence-electron chi connectivity index (χ0n) is 11.4. The first-order valence-corrected chi connectivity index (χ1v) is 7.58. The predicted molar refractivity (Wildman–Crippen MR) is 73.0 cm³/mol. The number of nitrogens with zero attached hydrogens (tertiary/aromatic N) is 1. The van der Waals surface area contributed by atoms with E-state index in [0.717, 1.165) is 31.4 Å². The zero-order valence-corrected chi connectivity index (χ0v) is 12.2. The Labute approximate surface area is 113 Å². The van der Waals surface area contributed by atoms with Gasteiger partial charge in [-0.05, 0) is 32.1 Å². The van der Waals surface area contributed by atoms with E-state index < -0.39 is 0 Å². The third-order valence-electron chi connectivity index (χ3n) is 3.15. The molecule has 0 amide bonds. The molecular weight excluding hydrogens is 246 g/mol. The molecule has 0 saturated carbocycles. The van der Waals surface area contributed by atoms with Crippen LogP contribution in [0.25, 0.3) is 0 Å². The van der Waals surface area contributed by atoms with Crippen LogP contribution in [0.2, 0.25) is 0 Å². The van der Waals surface area contributed by atoms with Gasteiger partial charge in [0.2, 0.25) is 0 Å². The van der Waals surface area contributed by atoms with Gasteiger partial charge in [-0.15, -0.1) is 11.3 Å². The van der Waals surface area contributed by atoms with Crippen molar-refractivity contribution in [3.63, 3.8) is 0 Å². The SMILES string of the molecule is CCOC(=O)C1CCCc2sc(CC(C)C)nc21. The van der Waals surface area contributed by atoms with Crippen LogP contribution in [0.3, 0.4) is 0 Å². The molecule has 0 spiro atoms. The van der Waals surface area contributed by atoms with E-state index in [1.807, 2.05) is 6.92 Å². The second-order valence-corrected chi connectivity index (χ2v) is 6.38. The van der Waals surface area contributed by atoms with E-state index in [-0.39, 0.29) is 11.9 Å². The van der Waals surface area contributed by atoms with Gasteiger partial charge in [0.25, 0.3) is 0 Å². The van der Waals surface area contributed by atoms with Gasteiger partial charge >= 0.3 is 5.97 Å². The molecule has 0 fully saturated rings. The van der Waals surface area contributed by atoms with Gasteiger partial charge in [0.15, 0.2) is 0 Å². The number of thiazole rings is 1. The third kappa shape index (κ3) is 2.91. The van der Waals surface area contributed by atoms with Crippen LogP contribution in [0.1, 0.15) is 55.1 Å². The number of fused-ring (bicyclic) bond motifs is 1. The second-order valence-electron chi connectivity index (χ2n) is 5.21. The monoisotopic (exact) mass is 267 g/mol. The van der Waals surface area contributed by atoms with Crippen molar-refractivity contribution in [2.45, 2.75) is 52.4 Å². The third-order valence-corrected chi connectivity index (χ3v) is 4.31. The fraction of sp³-hybridized carbons (Fsp3) is 0.714. The molecule has 1 aliphatic rings. The molecule has 0 aromatic carbocycles. The first-order valence-electron chi connectivity index (χ1n) is 6.77. The highest BCUT2D eigenvalue weighted by molar-refractivity contribution is 7.11. The second kappa shape index (κ2) is 5.83. The number of hydrogen-bond acceptors (Lipinski definition) is 4. The summed E-state index contributed by atoms with van der Waals surface area (Å²) in [7, 11) is 0. The van der Waals surface area contributed by atoms with Crippen LogP contribution in [0, 0.1) is 5.92 Å². The van der Waals surface area contributed by atoms with Crippen molar-refractivity contribution < 1.29 is 9.53 Å². The highest BCUT2D eigenvalue weighted by atomic mass is 32.1. The number of carbonyl (C=O) groups excluding carboxylic acids is 1. The van der Waals surface area contributed by atoms with Crippen molar-refractivity contribution in [2.24, 2.45) is 5.92 Å². The summed E-state index contributed by atoms with van der Waals surface area (Å²) >= 11 is 1.78. The Hall–Kier alpha value is -0.900. The largest absolute Gasteiger partial charge is 0.465 e. The van der Waals surface area contributed by atoms with Crippen molar-refractivity contribution in [3.05, 3.63) is 15.6 Å². The molecule has 1 aliphatic carbocycles.